The molecule has 1 atom stereocenters. The highest BCUT2D eigenvalue weighted by molar-refractivity contribution is 5.75. The van der Waals surface area contributed by atoms with Crippen molar-refractivity contribution in [2.24, 2.45) is 0 Å². The molecule has 3 nitrogen and oxygen atoms in total. The average Bonchev–Trinajstić information content (AvgIpc) is 2.58. The summed E-state index contributed by atoms with van der Waals surface area (Å²) < 4.78 is 0. The molecule has 0 aromatic rings. The summed E-state index contributed by atoms with van der Waals surface area (Å²) >= 11 is 0. The lowest BCUT2D eigenvalue weighted by atomic mass is 10.1. The zero-order chi connectivity index (χ0) is 18.8. The summed E-state index contributed by atoms with van der Waals surface area (Å²) in [4.78, 5) is 13.0. The van der Waals surface area contributed by atoms with Gasteiger partial charge in [-0.1, -0.05) is 68.4 Å². The lowest BCUT2D eigenvalue weighted by molar-refractivity contribution is -0.128. The van der Waals surface area contributed by atoms with Crippen molar-refractivity contribution in [2.45, 2.75) is 70.8 Å². The maximum absolute atomic E-state index is 11.4. The van der Waals surface area contributed by atoms with E-state index in [4.69, 9.17) is 0 Å². The minimum atomic E-state index is -0.479. The van der Waals surface area contributed by atoms with Crippen LogP contribution in [-0.2, 0) is 4.79 Å². The SMILES string of the molecule is CCCCC/C=C\C/C=C\C/C=C\C=C\C(O)CCCC(=O)N(C)C. The van der Waals surface area contributed by atoms with Gasteiger partial charge in [0.25, 0.3) is 0 Å². The van der Waals surface area contributed by atoms with Gasteiger partial charge >= 0.3 is 0 Å². The van der Waals surface area contributed by atoms with Crippen LogP contribution in [0.15, 0.2) is 48.6 Å². The second kappa shape index (κ2) is 17.2. The first-order valence-corrected chi connectivity index (χ1v) is 9.59. The zero-order valence-electron chi connectivity index (χ0n) is 16.4. The van der Waals surface area contributed by atoms with Crippen LogP contribution in [-0.4, -0.2) is 36.1 Å². The molecule has 0 saturated heterocycles. The summed E-state index contributed by atoms with van der Waals surface area (Å²) in [6.07, 6.45) is 24.9. The van der Waals surface area contributed by atoms with Gasteiger partial charge in [0, 0.05) is 20.5 Å². The van der Waals surface area contributed by atoms with Crippen molar-refractivity contribution in [2.75, 3.05) is 14.1 Å². The molecule has 1 amide bonds. The van der Waals surface area contributed by atoms with Crippen LogP contribution < -0.4 is 0 Å². The second-order valence-electron chi connectivity index (χ2n) is 6.47. The van der Waals surface area contributed by atoms with E-state index in [1.807, 2.05) is 12.2 Å². The van der Waals surface area contributed by atoms with Gasteiger partial charge in [-0.2, -0.15) is 0 Å². The molecular formula is C22H37NO2. The van der Waals surface area contributed by atoms with E-state index >= 15 is 0 Å². The molecule has 0 aromatic carbocycles. The van der Waals surface area contributed by atoms with Gasteiger partial charge in [-0.15, -0.1) is 0 Å². The fourth-order valence-corrected chi connectivity index (χ4v) is 2.21. The number of allylic oxidation sites excluding steroid dienone is 7. The van der Waals surface area contributed by atoms with E-state index in [-0.39, 0.29) is 5.91 Å². The van der Waals surface area contributed by atoms with Gasteiger partial charge in [-0.25, -0.2) is 0 Å². The highest BCUT2D eigenvalue weighted by atomic mass is 16.3. The first-order chi connectivity index (χ1) is 12.1. The molecule has 3 heteroatoms. The third-order valence-electron chi connectivity index (χ3n) is 3.82. The lowest BCUT2D eigenvalue weighted by Crippen LogP contribution is -2.21. The molecular weight excluding hydrogens is 310 g/mol. The van der Waals surface area contributed by atoms with Gasteiger partial charge in [0.1, 0.15) is 0 Å². The predicted octanol–water partition coefficient (Wildman–Crippen LogP) is 5.19. The summed E-state index contributed by atoms with van der Waals surface area (Å²) in [6, 6.07) is 0. The monoisotopic (exact) mass is 347 g/mol. The first-order valence-electron chi connectivity index (χ1n) is 9.59. The maximum atomic E-state index is 11.4. The van der Waals surface area contributed by atoms with Gasteiger partial charge in [0.2, 0.25) is 5.91 Å². The summed E-state index contributed by atoms with van der Waals surface area (Å²) in [5.74, 6) is 0.110. The third-order valence-corrected chi connectivity index (χ3v) is 3.82. The molecule has 0 rings (SSSR count). The summed E-state index contributed by atoms with van der Waals surface area (Å²) in [5.41, 5.74) is 0. The Labute approximate surface area is 154 Å². The average molecular weight is 348 g/mol. The van der Waals surface area contributed by atoms with Crippen molar-refractivity contribution < 1.29 is 9.90 Å². The van der Waals surface area contributed by atoms with E-state index in [0.717, 1.165) is 12.8 Å². The molecule has 25 heavy (non-hydrogen) atoms. The van der Waals surface area contributed by atoms with Crippen molar-refractivity contribution >= 4 is 5.91 Å². The molecule has 142 valence electrons. The molecule has 0 radical (unpaired) electrons. The Morgan fingerprint density at radius 1 is 0.960 bits per heavy atom. The third kappa shape index (κ3) is 17.0. The Kier molecular flexibility index (Phi) is 16.1. The Hall–Kier alpha value is -1.61. The summed E-state index contributed by atoms with van der Waals surface area (Å²) in [5, 5.41) is 9.81. The number of rotatable bonds is 14. The molecule has 0 aliphatic carbocycles. The smallest absolute Gasteiger partial charge is 0.222 e. The van der Waals surface area contributed by atoms with E-state index in [2.05, 4.69) is 37.3 Å². The first kappa shape index (κ1) is 23.4. The van der Waals surface area contributed by atoms with Crippen LogP contribution in [0.2, 0.25) is 0 Å². The number of nitrogens with zero attached hydrogens (tertiary/aromatic N) is 1. The standard InChI is InChI=1S/C22H37NO2/c1-4-5-6-7-8-9-10-11-12-13-14-15-16-18-21(24)19-17-20-22(25)23(2)3/h8-9,11-12,14-16,18,21,24H,4-7,10,13,17,19-20H2,1-3H3/b9-8-,12-11-,15-14-,18-16+. The van der Waals surface area contributed by atoms with Crippen LogP contribution in [0.3, 0.4) is 0 Å². The molecule has 0 aliphatic rings. The van der Waals surface area contributed by atoms with Gasteiger partial charge < -0.3 is 10.0 Å². The number of carbonyl (C=O) groups is 1. The van der Waals surface area contributed by atoms with Crippen molar-refractivity contribution in [1.82, 2.24) is 4.90 Å². The molecule has 0 aromatic heterocycles. The van der Waals surface area contributed by atoms with Crippen LogP contribution >= 0.6 is 0 Å². The van der Waals surface area contributed by atoms with Gasteiger partial charge in [0.15, 0.2) is 0 Å². The number of carbonyl (C=O) groups excluding carboxylic acids is 1. The Morgan fingerprint density at radius 2 is 1.64 bits per heavy atom. The Morgan fingerprint density at radius 3 is 2.32 bits per heavy atom. The molecule has 0 bridgehead atoms. The fourth-order valence-electron chi connectivity index (χ4n) is 2.21. The van der Waals surface area contributed by atoms with Gasteiger partial charge in [-0.05, 0) is 38.5 Å². The number of amides is 1. The maximum Gasteiger partial charge on any atom is 0.222 e. The van der Waals surface area contributed by atoms with Crippen LogP contribution in [0.4, 0.5) is 0 Å². The van der Waals surface area contributed by atoms with Gasteiger partial charge in [-0.3, -0.25) is 4.79 Å². The predicted molar refractivity (Wildman–Crippen MR) is 108 cm³/mol. The van der Waals surface area contributed by atoms with E-state index in [1.54, 1.807) is 25.1 Å². The normalized spacial score (nSPS) is 13.6. The molecule has 0 fully saturated rings. The number of unbranched alkanes of at least 4 members (excludes halogenated alkanes) is 3. The minimum absolute atomic E-state index is 0.110. The van der Waals surface area contributed by atoms with Crippen LogP contribution in [0.5, 0.6) is 0 Å². The topological polar surface area (TPSA) is 40.5 Å². The Bertz CT molecular complexity index is 433. The summed E-state index contributed by atoms with van der Waals surface area (Å²) in [6.45, 7) is 2.23. The lowest BCUT2D eigenvalue weighted by Gasteiger charge is -2.10. The van der Waals surface area contributed by atoms with E-state index in [0.29, 0.717) is 19.3 Å². The fraction of sp³-hybridized carbons (Fsp3) is 0.591. The Balaban J connectivity index is 3.67. The van der Waals surface area contributed by atoms with Crippen LogP contribution in [0, 0.1) is 0 Å². The van der Waals surface area contributed by atoms with Crippen molar-refractivity contribution in [3.05, 3.63) is 48.6 Å². The molecule has 0 heterocycles. The van der Waals surface area contributed by atoms with Crippen molar-refractivity contribution in [3.63, 3.8) is 0 Å². The molecule has 0 saturated carbocycles. The van der Waals surface area contributed by atoms with Crippen LogP contribution in [0.1, 0.15) is 64.7 Å². The quantitative estimate of drug-likeness (QED) is 0.267. The second-order valence-corrected chi connectivity index (χ2v) is 6.47. The number of hydrogen-bond acceptors (Lipinski definition) is 2. The number of aliphatic hydroxyl groups is 1. The molecule has 0 aliphatic heterocycles. The molecule has 0 spiro atoms. The number of aliphatic hydroxyl groups excluding tert-OH is 1. The molecule has 1 unspecified atom stereocenters. The highest BCUT2D eigenvalue weighted by Gasteiger charge is 2.05. The van der Waals surface area contributed by atoms with Crippen molar-refractivity contribution in [1.29, 1.82) is 0 Å². The van der Waals surface area contributed by atoms with E-state index in [9.17, 15) is 9.90 Å². The van der Waals surface area contributed by atoms with E-state index < -0.39 is 6.10 Å². The largest absolute Gasteiger partial charge is 0.389 e. The highest BCUT2D eigenvalue weighted by Crippen LogP contribution is 2.04. The van der Waals surface area contributed by atoms with Crippen LogP contribution in [0.25, 0.3) is 0 Å². The minimum Gasteiger partial charge on any atom is -0.389 e. The summed E-state index contributed by atoms with van der Waals surface area (Å²) in [7, 11) is 3.50. The molecule has 1 N–H and O–H groups in total. The number of hydrogen-bond donors (Lipinski definition) is 1. The van der Waals surface area contributed by atoms with Crippen molar-refractivity contribution in [3.8, 4) is 0 Å². The van der Waals surface area contributed by atoms with E-state index in [1.165, 1.54) is 25.7 Å². The van der Waals surface area contributed by atoms with Gasteiger partial charge in [0.05, 0.1) is 6.10 Å². The zero-order valence-corrected chi connectivity index (χ0v) is 16.4.